The summed E-state index contributed by atoms with van der Waals surface area (Å²) in [7, 11) is 0. The van der Waals surface area contributed by atoms with E-state index in [1.807, 2.05) is 72.8 Å². The number of hydrogen-bond donors (Lipinski definition) is 3. The molecule has 2 heterocycles. The molecule has 1 aliphatic rings. The van der Waals surface area contributed by atoms with Crippen molar-refractivity contribution in [1.82, 2.24) is 25.5 Å². The van der Waals surface area contributed by atoms with Crippen LogP contribution in [0.15, 0.2) is 85.1 Å². The van der Waals surface area contributed by atoms with Gasteiger partial charge < -0.3 is 15.6 Å². The van der Waals surface area contributed by atoms with Crippen LogP contribution in [-0.2, 0) is 0 Å². The first-order valence-electron chi connectivity index (χ1n) is 12.8. The molecule has 37 heavy (non-hydrogen) atoms. The zero-order chi connectivity index (χ0) is 25.0. The van der Waals surface area contributed by atoms with Crippen molar-refractivity contribution < 1.29 is 4.79 Å². The van der Waals surface area contributed by atoms with Gasteiger partial charge in [0.1, 0.15) is 5.82 Å². The monoisotopic (exact) mass is 488 g/mol. The van der Waals surface area contributed by atoms with Crippen molar-refractivity contribution in [2.45, 2.75) is 38.1 Å². The number of carbonyl (C=O) groups excluding carboxylic acids is 1. The van der Waals surface area contributed by atoms with E-state index >= 15 is 0 Å². The number of aromatic nitrogens is 4. The standard InChI is InChI=1S/C30H28N6O/c37-30(33-23-7-2-1-3-8-23)22-13-16-27-28(19-22)35-29(34-27)21-6-4-9-25(18-21)32-24-14-11-20(12-15-24)26-10-5-17-31-36-26/h4-6,9-19,23,32H,1-3,7-8H2,(H,33,37)(H,34,35). The minimum atomic E-state index is -0.0125. The second-order valence-corrected chi connectivity index (χ2v) is 9.52. The minimum absolute atomic E-state index is 0.0125. The van der Waals surface area contributed by atoms with Crippen LogP contribution in [0.25, 0.3) is 33.7 Å². The molecule has 184 valence electrons. The number of benzene rings is 3. The van der Waals surface area contributed by atoms with Gasteiger partial charge in [0.15, 0.2) is 0 Å². The van der Waals surface area contributed by atoms with Gasteiger partial charge in [0, 0.05) is 40.3 Å². The van der Waals surface area contributed by atoms with E-state index in [0.29, 0.717) is 5.56 Å². The number of amides is 1. The van der Waals surface area contributed by atoms with Crippen LogP contribution >= 0.6 is 0 Å². The van der Waals surface area contributed by atoms with Gasteiger partial charge in [-0.25, -0.2) is 4.98 Å². The number of anilines is 2. The summed E-state index contributed by atoms with van der Waals surface area (Å²) in [6.07, 6.45) is 7.45. The van der Waals surface area contributed by atoms with Crippen molar-refractivity contribution in [2.75, 3.05) is 5.32 Å². The van der Waals surface area contributed by atoms with E-state index < -0.39 is 0 Å². The Labute approximate surface area is 215 Å². The van der Waals surface area contributed by atoms with Gasteiger partial charge in [0.2, 0.25) is 0 Å². The summed E-state index contributed by atoms with van der Waals surface area (Å²) < 4.78 is 0. The number of carbonyl (C=O) groups is 1. The number of imidazole rings is 1. The summed E-state index contributed by atoms with van der Waals surface area (Å²) in [6, 6.07) is 26.0. The average molecular weight is 489 g/mol. The summed E-state index contributed by atoms with van der Waals surface area (Å²) in [4.78, 5) is 21.0. The van der Waals surface area contributed by atoms with Gasteiger partial charge in [-0.05, 0) is 67.4 Å². The molecule has 2 aromatic heterocycles. The van der Waals surface area contributed by atoms with E-state index in [0.717, 1.165) is 57.9 Å². The molecule has 1 aliphatic carbocycles. The maximum atomic E-state index is 12.8. The summed E-state index contributed by atoms with van der Waals surface area (Å²) in [6.45, 7) is 0. The normalized spacial score (nSPS) is 13.9. The Morgan fingerprint density at radius 1 is 0.838 bits per heavy atom. The Bertz CT molecular complexity index is 1520. The molecule has 1 amide bonds. The third kappa shape index (κ3) is 5.21. The molecule has 0 aliphatic heterocycles. The number of rotatable bonds is 6. The van der Waals surface area contributed by atoms with Crippen molar-refractivity contribution in [2.24, 2.45) is 0 Å². The lowest BCUT2D eigenvalue weighted by atomic mass is 9.95. The number of nitrogens with one attached hydrogen (secondary N) is 3. The van der Waals surface area contributed by atoms with E-state index in [-0.39, 0.29) is 11.9 Å². The van der Waals surface area contributed by atoms with Gasteiger partial charge in [-0.1, -0.05) is 43.5 Å². The fourth-order valence-electron chi connectivity index (χ4n) is 4.89. The van der Waals surface area contributed by atoms with Crippen molar-refractivity contribution in [3.8, 4) is 22.6 Å². The lowest BCUT2D eigenvalue weighted by molar-refractivity contribution is 0.0928. The maximum Gasteiger partial charge on any atom is 0.251 e. The van der Waals surface area contributed by atoms with E-state index in [4.69, 9.17) is 4.98 Å². The predicted molar refractivity (Wildman–Crippen MR) is 147 cm³/mol. The highest BCUT2D eigenvalue weighted by molar-refractivity contribution is 5.98. The summed E-state index contributed by atoms with van der Waals surface area (Å²) >= 11 is 0. The maximum absolute atomic E-state index is 12.8. The van der Waals surface area contributed by atoms with Crippen LogP contribution < -0.4 is 10.6 Å². The lowest BCUT2D eigenvalue weighted by Crippen LogP contribution is -2.36. The minimum Gasteiger partial charge on any atom is -0.356 e. The van der Waals surface area contributed by atoms with Crippen LogP contribution in [0.5, 0.6) is 0 Å². The molecule has 7 nitrogen and oxygen atoms in total. The first-order chi connectivity index (χ1) is 18.2. The smallest absolute Gasteiger partial charge is 0.251 e. The van der Waals surface area contributed by atoms with E-state index in [1.165, 1.54) is 19.3 Å². The van der Waals surface area contributed by atoms with Gasteiger partial charge >= 0.3 is 0 Å². The van der Waals surface area contributed by atoms with E-state index in [1.54, 1.807) is 6.20 Å². The molecule has 0 radical (unpaired) electrons. The van der Waals surface area contributed by atoms with E-state index in [9.17, 15) is 4.79 Å². The first kappa shape index (κ1) is 22.9. The zero-order valence-electron chi connectivity index (χ0n) is 20.4. The van der Waals surface area contributed by atoms with Gasteiger partial charge in [0.05, 0.1) is 16.7 Å². The molecule has 0 spiro atoms. The highest BCUT2D eigenvalue weighted by Gasteiger charge is 2.17. The van der Waals surface area contributed by atoms with E-state index in [2.05, 4.69) is 31.9 Å². The second-order valence-electron chi connectivity index (χ2n) is 9.52. The van der Waals surface area contributed by atoms with Crippen LogP contribution in [0.3, 0.4) is 0 Å². The van der Waals surface area contributed by atoms with Crippen molar-refractivity contribution >= 4 is 28.3 Å². The third-order valence-corrected chi connectivity index (χ3v) is 6.86. The fourth-order valence-corrected chi connectivity index (χ4v) is 4.89. The first-order valence-corrected chi connectivity index (χ1v) is 12.8. The molecule has 1 fully saturated rings. The highest BCUT2D eigenvalue weighted by Crippen LogP contribution is 2.27. The van der Waals surface area contributed by atoms with Crippen molar-refractivity contribution in [3.63, 3.8) is 0 Å². The Kier molecular flexibility index (Phi) is 6.33. The molecule has 0 bridgehead atoms. The van der Waals surface area contributed by atoms with Crippen LogP contribution in [-0.4, -0.2) is 32.1 Å². The molecule has 5 aromatic rings. The third-order valence-electron chi connectivity index (χ3n) is 6.86. The molecule has 3 aromatic carbocycles. The molecule has 6 rings (SSSR count). The van der Waals surface area contributed by atoms with Crippen LogP contribution in [0.4, 0.5) is 11.4 Å². The van der Waals surface area contributed by atoms with Gasteiger partial charge in [-0.15, -0.1) is 0 Å². The Hall–Kier alpha value is -4.52. The summed E-state index contributed by atoms with van der Waals surface area (Å²) in [5, 5.41) is 14.8. The predicted octanol–water partition coefficient (Wildman–Crippen LogP) is 6.49. The number of fused-ring (bicyclic) bond motifs is 1. The Morgan fingerprint density at radius 2 is 1.70 bits per heavy atom. The van der Waals surface area contributed by atoms with Crippen molar-refractivity contribution in [3.05, 3.63) is 90.6 Å². The summed E-state index contributed by atoms with van der Waals surface area (Å²) in [5.74, 6) is 0.753. The van der Waals surface area contributed by atoms with Gasteiger partial charge in [-0.2, -0.15) is 10.2 Å². The largest absolute Gasteiger partial charge is 0.356 e. The van der Waals surface area contributed by atoms with Gasteiger partial charge in [-0.3, -0.25) is 4.79 Å². The molecule has 0 saturated heterocycles. The Morgan fingerprint density at radius 3 is 2.51 bits per heavy atom. The van der Waals surface area contributed by atoms with Crippen LogP contribution in [0.1, 0.15) is 42.5 Å². The molecular weight excluding hydrogens is 460 g/mol. The van der Waals surface area contributed by atoms with Crippen LogP contribution in [0.2, 0.25) is 0 Å². The highest BCUT2D eigenvalue weighted by atomic mass is 16.1. The quantitative estimate of drug-likeness (QED) is 0.254. The number of nitrogens with zero attached hydrogens (tertiary/aromatic N) is 3. The number of H-pyrrole nitrogens is 1. The molecule has 7 heteroatoms. The molecule has 1 saturated carbocycles. The van der Waals surface area contributed by atoms with Crippen molar-refractivity contribution in [1.29, 1.82) is 0 Å². The average Bonchev–Trinajstić information content (AvgIpc) is 3.38. The molecule has 0 atom stereocenters. The summed E-state index contributed by atoms with van der Waals surface area (Å²) in [5.41, 5.74) is 7.10. The topological polar surface area (TPSA) is 95.6 Å². The fraction of sp³-hybridized carbons (Fsp3) is 0.200. The number of hydrogen-bond acceptors (Lipinski definition) is 5. The van der Waals surface area contributed by atoms with Gasteiger partial charge in [0.25, 0.3) is 5.91 Å². The zero-order valence-corrected chi connectivity index (χ0v) is 20.4. The SMILES string of the molecule is O=C(NC1CCCCC1)c1ccc2nc(-c3cccc(Nc4ccc(-c5cccnn5)cc4)c3)[nH]c2c1. The van der Waals surface area contributed by atoms with Crippen LogP contribution in [0, 0.1) is 0 Å². The molecular formula is C30H28N6O. The second kappa shape index (κ2) is 10.2. The Balaban J connectivity index is 1.18. The molecule has 3 N–H and O–H groups in total. The number of aromatic amines is 1. The lowest BCUT2D eigenvalue weighted by Gasteiger charge is -2.22. The molecule has 0 unspecified atom stereocenters.